The molecule has 1 spiro atoms. The molecule has 0 aliphatic carbocycles. The minimum atomic E-state index is -0.594. The van der Waals surface area contributed by atoms with E-state index in [9.17, 15) is 14.0 Å². The molecule has 2 aromatic rings. The van der Waals surface area contributed by atoms with Crippen LogP contribution in [0.4, 0.5) is 15.8 Å². The molecule has 7 heteroatoms. The number of nitrogens with one attached hydrogen (secondary N) is 1. The number of hydrogen-bond donors (Lipinski definition) is 1. The van der Waals surface area contributed by atoms with E-state index in [1.807, 2.05) is 24.3 Å². The summed E-state index contributed by atoms with van der Waals surface area (Å²) in [5.41, 5.74) is 1.50. The number of piperidine rings is 1. The molecule has 1 N–H and O–H groups in total. The number of amides is 1. The molecule has 0 bridgehead atoms. The van der Waals surface area contributed by atoms with Crippen molar-refractivity contribution in [3.63, 3.8) is 0 Å². The zero-order valence-corrected chi connectivity index (χ0v) is 17.1. The minimum Gasteiger partial charge on any atom is -0.466 e. The van der Waals surface area contributed by atoms with Crippen molar-refractivity contribution in [3.05, 3.63) is 59.9 Å². The molecule has 2 aliphatic heterocycles. The van der Waals surface area contributed by atoms with Crippen molar-refractivity contribution in [3.8, 4) is 0 Å². The third-order valence-electron chi connectivity index (χ3n) is 5.86. The molecule has 0 atom stereocenters. The lowest BCUT2D eigenvalue weighted by Crippen LogP contribution is -2.64. The van der Waals surface area contributed by atoms with Crippen molar-refractivity contribution in [2.24, 2.45) is 0 Å². The molecule has 158 valence electrons. The number of fused-ring (bicyclic) bond motifs is 1. The van der Waals surface area contributed by atoms with Crippen molar-refractivity contribution in [2.75, 3.05) is 36.5 Å². The van der Waals surface area contributed by atoms with Gasteiger partial charge in [-0.25, -0.2) is 4.39 Å². The van der Waals surface area contributed by atoms with Gasteiger partial charge in [-0.3, -0.25) is 14.5 Å². The Balaban J connectivity index is 1.58. The van der Waals surface area contributed by atoms with Crippen LogP contribution in [0.1, 0.15) is 36.5 Å². The lowest BCUT2D eigenvalue weighted by molar-refractivity contribution is -0.143. The van der Waals surface area contributed by atoms with E-state index >= 15 is 0 Å². The quantitative estimate of drug-likeness (QED) is 0.761. The van der Waals surface area contributed by atoms with Crippen LogP contribution in [0.3, 0.4) is 0 Å². The van der Waals surface area contributed by atoms with Gasteiger partial charge in [0.05, 0.1) is 18.6 Å². The number of esters is 1. The number of likely N-dealkylation sites (tertiary alicyclic amines) is 1. The predicted molar refractivity (Wildman–Crippen MR) is 113 cm³/mol. The second kappa shape index (κ2) is 8.44. The number of halogens is 1. The molecule has 1 amide bonds. The molecule has 4 rings (SSSR count). The normalized spacial score (nSPS) is 18.1. The van der Waals surface area contributed by atoms with Gasteiger partial charge in [-0.15, -0.1) is 0 Å². The summed E-state index contributed by atoms with van der Waals surface area (Å²) in [7, 11) is 0. The second-order valence-corrected chi connectivity index (χ2v) is 7.72. The Hall–Kier alpha value is -2.93. The molecule has 1 fully saturated rings. The first-order chi connectivity index (χ1) is 14.5. The van der Waals surface area contributed by atoms with Gasteiger partial charge < -0.3 is 15.0 Å². The van der Waals surface area contributed by atoms with Crippen LogP contribution in [0.15, 0.2) is 48.5 Å². The van der Waals surface area contributed by atoms with Crippen molar-refractivity contribution in [1.29, 1.82) is 0 Å². The van der Waals surface area contributed by atoms with Crippen LogP contribution in [0.5, 0.6) is 0 Å². The van der Waals surface area contributed by atoms with Crippen LogP contribution >= 0.6 is 0 Å². The molecule has 2 aliphatic rings. The number of carbonyl (C=O) groups is 2. The lowest BCUT2D eigenvalue weighted by atomic mass is 9.89. The van der Waals surface area contributed by atoms with Gasteiger partial charge in [0.1, 0.15) is 11.5 Å². The summed E-state index contributed by atoms with van der Waals surface area (Å²) in [6.45, 7) is 4.30. The van der Waals surface area contributed by atoms with Gasteiger partial charge >= 0.3 is 5.97 Å². The molecule has 2 aromatic carbocycles. The van der Waals surface area contributed by atoms with Crippen molar-refractivity contribution < 1.29 is 18.7 Å². The number of para-hydroxylation sites is 1. The SMILES string of the molecule is CCOC(=O)CCN1CCC2(CC1)Nc1ccccc1C(=O)N2c1ccc(F)cc1. The summed E-state index contributed by atoms with van der Waals surface area (Å²) in [5.74, 6) is -0.610. The summed E-state index contributed by atoms with van der Waals surface area (Å²) in [4.78, 5) is 29.1. The molecule has 0 unspecified atom stereocenters. The Bertz CT molecular complexity index is 924. The molecule has 0 aromatic heterocycles. The van der Waals surface area contributed by atoms with Gasteiger partial charge in [-0.2, -0.15) is 0 Å². The highest BCUT2D eigenvalue weighted by Gasteiger charge is 2.47. The fourth-order valence-corrected chi connectivity index (χ4v) is 4.33. The number of anilines is 2. The van der Waals surface area contributed by atoms with E-state index in [0.29, 0.717) is 43.7 Å². The van der Waals surface area contributed by atoms with Crippen LogP contribution < -0.4 is 10.2 Å². The average Bonchev–Trinajstić information content (AvgIpc) is 2.75. The average molecular weight is 411 g/mol. The highest BCUT2D eigenvalue weighted by molar-refractivity contribution is 6.12. The third-order valence-corrected chi connectivity index (χ3v) is 5.86. The Morgan fingerprint density at radius 3 is 2.53 bits per heavy atom. The van der Waals surface area contributed by atoms with Crippen LogP contribution in [0, 0.1) is 5.82 Å². The minimum absolute atomic E-state index is 0.0871. The van der Waals surface area contributed by atoms with Gasteiger partial charge in [0.25, 0.3) is 5.91 Å². The fourth-order valence-electron chi connectivity index (χ4n) is 4.33. The highest BCUT2D eigenvalue weighted by atomic mass is 19.1. The molecule has 30 heavy (non-hydrogen) atoms. The maximum absolute atomic E-state index is 13.5. The first-order valence-electron chi connectivity index (χ1n) is 10.4. The van der Waals surface area contributed by atoms with E-state index in [1.165, 1.54) is 12.1 Å². The van der Waals surface area contributed by atoms with Crippen LogP contribution in [-0.2, 0) is 9.53 Å². The molecule has 0 radical (unpaired) electrons. The monoisotopic (exact) mass is 411 g/mol. The summed E-state index contributed by atoms with van der Waals surface area (Å²) in [6, 6.07) is 13.5. The van der Waals surface area contributed by atoms with E-state index in [4.69, 9.17) is 4.74 Å². The molecule has 2 heterocycles. The van der Waals surface area contributed by atoms with Gasteiger partial charge in [0, 0.05) is 43.9 Å². The summed E-state index contributed by atoms with van der Waals surface area (Å²) >= 11 is 0. The molecule has 6 nitrogen and oxygen atoms in total. The smallest absolute Gasteiger partial charge is 0.307 e. The maximum atomic E-state index is 13.5. The molecule has 0 saturated carbocycles. The number of ether oxygens (including phenoxy) is 1. The topological polar surface area (TPSA) is 61.9 Å². The Morgan fingerprint density at radius 2 is 1.83 bits per heavy atom. The summed E-state index contributed by atoms with van der Waals surface area (Å²) in [6.07, 6.45) is 1.73. The van der Waals surface area contributed by atoms with E-state index in [-0.39, 0.29) is 17.7 Å². The zero-order valence-electron chi connectivity index (χ0n) is 17.1. The number of carbonyl (C=O) groups excluding carboxylic acids is 2. The van der Waals surface area contributed by atoms with Crippen molar-refractivity contribution in [2.45, 2.75) is 31.8 Å². The molecular weight excluding hydrogens is 385 g/mol. The van der Waals surface area contributed by atoms with E-state index < -0.39 is 5.66 Å². The van der Waals surface area contributed by atoms with Crippen molar-refractivity contribution in [1.82, 2.24) is 4.90 Å². The van der Waals surface area contributed by atoms with E-state index in [0.717, 1.165) is 18.8 Å². The van der Waals surface area contributed by atoms with Gasteiger partial charge in [-0.05, 0) is 43.3 Å². The van der Waals surface area contributed by atoms with E-state index in [1.54, 1.807) is 24.0 Å². The zero-order chi connectivity index (χ0) is 21.1. The molecular formula is C23H26FN3O3. The van der Waals surface area contributed by atoms with Crippen LogP contribution in [-0.4, -0.2) is 48.7 Å². The maximum Gasteiger partial charge on any atom is 0.307 e. The summed E-state index contributed by atoms with van der Waals surface area (Å²) in [5, 5.41) is 3.60. The molecule has 1 saturated heterocycles. The first-order valence-corrected chi connectivity index (χ1v) is 10.4. The van der Waals surface area contributed by atoms with Gasteiger partial charge in [0.15, 0.2) is 0 Å². The number of benzene rings is 2. The van der Waals surface area contributed by atoms with Gasteiger partial charge in [0.2, 0.25) is 0 Å². The summed E-state index contributed by atoms with van der Waals surface area (Å²) < 4.78 is 18.5. The van der Waals surface area contributed by atoms with Crippen LogP contribution in [0.25, 0.3) is 0 Å². The fraction of sp³-hybridized carbons (Fsp3) is 0.391. The standard InChI is InChI=1S/C23H26FN3O3/c1-2-30-21(28)11-14-26-15-12-23(13-16-26)25-20-6-4-3-5-19(20)22(29)27(23)18-9-7-17(24)8-10-18/h3-10,25H,2,11-16H2,1H3. The second-order valence-electron chi connectivity index (χ2n) is 7.72. The Kier molecular flexibility index (Phi) is 5.72. The van der Waals surface area contributed by atoms with Gasteiger partial charge in [-0.1, -0.05) is 12.1 Å². The Morgan fingerprint density at radius 1 is 1.13 bits per heavy atom. The number of rotatable bonds is 5. The third kappa shape index (κ3) is 3.89. The first kappa shape index (κ1) is 20.3. The van der Waals surface area contributed by atoms with Crippen LogP contribution in [0.2, 0.25) is 0 Å². The Labute approximate surface area is 175 Å². The largest absolute Gasteiger partial charge is 0.466 e. The van der Waals surface area contributed by atoms with E-state index in [2.05, 4.69) is 10.2 Å². The predicted octanol–water partition coefficient (Wildman–Crippen LogP) is 3.64. The highest BCUT2D eigenvalue weighted by Crippen LogP contribution is 2.40. The number of nitrogens with zero attached hydrogens (tertiary/aromatic N) is 2. The van der Waals surface area contributed by atoms with Crippen molar-refractivity contribution >= 4 is 23.3 Å². The number of hydrogen-bond acceptors (Lipinski definition) is 5. The lowest BCUT2D eigenvalue weighted by Gasteiger charge is -2.52.